The quantitative estimate of drug-likeness (QED) is 0.241. The molecule has 1 aliphatic carbocycles. The maximum Gasteiger partial charge on any atom is 0.335 e. The van der Waals surface area contributed by atoms with E-state index in [1.54, 1.807) is 30.5 Å². The number of halogens is 2. The predicted octanol–water partition coefficient (Wildman–Crippen LogP) is 6.18. The van der Waals surface area contributed by atoms with Crippen LogP contribution in [0.1, 0.15) is 59.0 Å². The third-order valence-electron chi connectivity index (χ3n) is 8.20. The molecule has 1 aliphatic heterocycles. The van der Waals surface area contributed by atoms with Crippen LogP contribution >= 0.6 is 11.6 Å². The molecule has 2 aromatic heterocycles. The maximum atomic E-state index is 14.1. The first kappa shape index (κ1) is 27.2. The van der Waals surface area contributed by atoms with Crippen LogP contribution in [0.25, 0.3) is 11.0 Å². The van der Waals surface area contributed by atoms with E-state index in [1.165, 1.54) is 12.1 Å². The fourth-order valence-corrected chi connectivity index (χ4v) is 5.85. The van der Waals surface area contributed by atoms with Crippen molar-refractivity contribution < 1.29 is 19.0 Å². The smallest absolute Gasteiger partial charge is 0.335 e. The first-order valence-corrected chi connectivity index (χ1v) is 14.0. The van der Waals surface area contributed by atoms with Gasteiger partial charge in [0.15, 0.2) is 11.6 Å². The molecule has 0 radical (unpaired) electrons. The van der Waals surface area contributed by atoms with Gasteiger partial charge in [-0.25, -0.2) is 14.2 Å². The zero-order chi connectivity index (χ0) is 28.6. The molecule has 6 rings (SSSR count). The van der Waals surface area contributed by atoms with Gasteiger partial charge in [0.05, 0.1) is 34.9 Å². The van der Waals surface area contributed by atoms with Crippen molar-refractivity contribution >= 4 is 28.6 Å². The summed E-state index contributed by atoms with van der Waals surface area (Å²) in [5, 5.41) is 19.2. The van der Waals surface area contributed by atoms with Gasteiger partial charge in [-0.3, -0.25) is 9.88 Å². The number of imidazole rings is 1. The summed E-state index contributed by atoms with van der Waals surface area (Å²) in [6.45, 7) is 3.17. The number of nitrogens with zero attached hydrogens (tertiary/aromatic N) is 5. The van der Waals surface area contributed by atoms with Crippen molar-refractivity contribution in [2.24, 2.45) is 5.41 Å². The average molecular weight is 574 g/mol. The molecule has 8 nitrogen and oxygen atoms in total. The zero-order valence-corrected chi connectivity index (χ0v) is 23.1. The van der Waals surface area contributed by atoms with Crippen LogP contribution in [0, 0.1) is 22.6 Å². The van der Waals surface area contributed by atoms with E-state index in [1.807, 2.05) is 12.1 Å². The molecule has 210 valence electrons. The second-order valence-electron chi connectivity index (χ2n) is 11.1. The minimum absolute atomic E-state index is 0.0612. The molecule has 1 saturated carbocycles. The molecule has 41 heavy (non-hydrogen) atoms. The highest BCUT2D eigenvalue weighted by atomic mass is 35.5. The van der Waals surface area contributed by atoms with E-state index in [0.29, 0.717) is 30.5 Å². The standard InChI is InChI=1S/C31H29ClFN5O3/c32-23-2-4-28(25(33)15-23)41-18-24-13-20(5-11-35-24)22-6-12-37(16-22)17-29-36-26-3-1-21(30(39)40)14-27(26)38(29)19-31(7-8-31)9-10-34/h1-5,11,13-15,22H,6-9,12,16-19H2,(H,39,40)/t22-/m1/s1. The van der Waals surface area contributed by atoms with Gasteiger partial charge in [0.1, 0.15) is 12.4 Å². The van der Waals surface area contributed by atoms with E-state index in [-0.39, 0.29) is 23.3 Å². The number of rotatable bonds is 10. The molecular formula is C31H29ClFN5O3. The number of pyridine rings is 1. The van der Waals surface area contributed by atoms with Crippen LogP contribution in [0.2, 0.25) is 5.02 Å². The molecule has 2 aromatic carbocycles. The fourth-order valence-electron chi connectivity index (χ4n) is 5.70. The van der Waals surface area contributed by atoms with Gasteiger partial charge in [0, 0.05) is 36.1 Å². The largest absolute Gasteiger partial charge is 0.484 e. The predicted molar refractivity (Wildman–Crippen MR) is 151 cm³/mol. The van der Waals surface area contributed by atoms with E-state index in [9.17, 15) is 19.6 Å². The summed E-state index contributed by atoms with van der Waals surface area (Å²) >= 11 is 5.83. The maximum absolute atomic E-state index is 14.1. The molecule has 0 bridgehead atoms. The number of nitriles is 1. The molecule has 4 aromatic rings. The van der Waals surface area contributed by atoms with Crippen LogP contribution in [-0.4, -0.2) is 43.6 Å². The van der Waals surface area contributed by atoms with Crippen molar-refractivity contribution in [3.63, 3.8) is 0 Å². The van der Waals surface area contributed by atoms with Crippen molar-refractivity contribution in [3.8, 4) is 11.8 Å². The van der Waals surface area contributed by atoms with Gasteiger partial charge in [-0.15, -0.1) is 0 Å². The number of carbonyl (C=O) groups is 1. The molecular weight excluding hydrogens is 545 g/mol. The Labute approximate surface area is 242 Å². The van der Waals surface area contributed by atoms with Gasteiger partial charge in [-0.1, -0.05) is 11.6 Å². The first-order valence-electron chi connectivity index (χ1n) is 13.7. The normalized spacial score (nSPS) is 17.9. The highest BCUT2D eigenvalue weighted by molar-refractivity contribution is 6.30. The number of hydrogen-bond acceptors (Lipinski definition) is 6. The summed E-state index contributed by atoms with van der Waals surface area (Å²) in [6, 6.07) is 15.7. The lowest BCUT2D eigenvalue weighted by Gasteiger charge is -2.20. The highest BCUT2D eigenvalue weighted by Crippen LogP contribution is 2.50. The molecule has 0 unspecified atom stereocenters. The number of carboxylic acid groups (broad SMARTS) is 1. The van der Waals surface area contributed by atoms with E-state index in [2.05, 4.69) is 20.5 Å². The van der Waals surface area contributed by atoms with Gasteiger partial charge in [0.25, 0.3) is 0 Å². The molecule has 1 N–H and O–H groups in total. The van der Waals surface area contributed by atoms with Gasteiger partial charge in [0.2, 0.25) is 0 Å². The lowest BCUT2D eigenvalue weighted by Crippen LogP contribution is -2.24. The van der Waals surface area contributed by atoms with E-state index in [4.69, 9.17) is 21.3 Å². The number of benzene rings is 2. The molecule has 2 aliphatic rings. The Kier molecular flexibility index (Phi) is 7.37. The monoisotopic (exact) mass is 573 g/mol. The topological polar surface area (TPSA) is 104 Å². The number of likely N-dealkylation sites (tertiary alicyclic amines) is 1. The van der Waals surface area contributed by atoms with E-state index >= 15 is 0 Å². The number of aromatic nitrogens is 3. The second kappa shape index (κ2) is 11.1. The Morgan fingerprint density at radius 1 is 1.22 bits per heavy atom. The van der Waals surface area contributed by atoms with Crippen LogP contribution in [0.3, 0.4) is 0 Å². The number of carboxylic acids is 1. The summed E-state index contributed by atoms with van der Waals surface area (Å²) in [5.41, 5.74) is 3.61. The van der Waals surface area contributed by atoms with Crippen molar-refractivity contribution in [1.29, 1.82) is 5.26 Å². The minimum Gasteiger partial charge on any atom is -0.484 e. The van der Waals surface area contributed by atoms with Crippen LogP contribution in [0.15, 0.2) is 54.7 Å². The van der Waals surface area contributed by atoms with Gasteiger partial charge in [-0.05, 0) is 85.8 Å². The van der Waals surface area contributed by atoms with Gasteiger partial charge >= 0.3 is 5.97 Å². The second-order valence-corrected chi connectivity index (χ2v) is 11.6. The summed E-state index contributed by atoms with van der Waals surface area (Å²) in [6.07, 6.45) is 5.19. The third-order valence-corrected chi connectivity index (χ3v) is 8.43. The molecule has 0 amide bonds. The van der Waals surface area contributed by atoms with Crippen molar-refractivity contribution in [1.82, 2.24) is 19.4 Å². The SMILES string of the molecule is N#CCC1(Cn2c(CN3CC[C@@H](c4ccnc(COc5ccc(Cl)cc5F)c4)C3)nc3ccc(C(=O)O)cc32)CC1. The third kappa shape index (κ3) is 5.90. The summed E-state index contributed by atoms with van der Waals surface area (Å²) in [7, 11) is 0. The number of fused-ring (bicyclic) bond motifs is 1. The van der Waals surface area contributed by atoms with Crippen molar-refractivity contribution in [3.05, 3.63) is 88.2 Å². The summed E-state index contributed by atoms with van der Waals surface area (Å²) in [5.74, 6) is -0.155. The van der Waals surface area contributed by atoms with Crippen LogP contribution in [-0.2, 0) is 19.7 Å². The minimum atomic E-state index is -0.970. The molecule has 10 heteroatoms. The number of aromatic carboxylic acids is 1. The Morgan fingerprint density at radius 3 is 2.83 bits per heavy atom. The Morgan fingerprint density at radius 2 is 2.07 bits per heavy atom. The average Bonchev–Trinajstić information content (AvgIpc) is 3.40. The first-order chi connectivity index (χ1) is 19.8. The fraction of sp³-hybridized carbons (Fsp3) is 0.355. The summed E-state index contributed by atoms with van der Waals surface area (Å²) in [4.78, 5) is 23.3. The lowest BCUT2D eigenvalue weighted by atomic mass is 9.99. The van der Waals surface area contributed by atoms with Gasteiger partial charge < -0.3 is 14.4 Å². The van der Waals surface area contributed by atoms with E-state index < -0.39 is 11.8 Å². The molecule has 1 saturated heterocycles. The Bertz CT molecular complexity index is 1660. The van der Waals surface area contributed by atoms with E-state index in [0.717, 1.165) is 60.5 Å². The lowest BCUT2D eigenvalue weighted by molar-refractivity contribution is 0.0697. The zero-order valence-electron chi connectivity index (χ0n) is 22.4. The molecule has 1 atom stereocenters. The van der Waals surface area contributed by atoms with Crippen LogP contribution < -0.4 is 4.74 Å². The van der Waals surface area contributed by atoms with Crippen molar-refractivity contribution in [2.45, 2.75) is 51.3 Å². The molecule has 0 spiro atoms. The number of hydrogen-bond donors (Lipinski definition) is 1. The van der Waals surface area contributed by atoms with Crippen molar-refractivity contribution in [2.75, 3.05) is 13.1 Å². The Balaban J connectivity index is 1.17. The summed E-state index contributed by atoms with van der Waals surface area (Å²) < 4.78 is 21.9. The van der Waals surface area contributed by atoms with Gasteiger partial charge in [-0.2, -0.15) is 5.26 Å². The number of ether oxygens (including phenoxy) is 1. The molecule has 3 heterocycles. The Hall–Kier alpha value is -4.00. The molecule has 2 fully saturated rings. The van der Waals surface area contributed by atoms with Crippen LogP contribution in [0.5, 0.6) is 5.75 Å². The van der Waals surface area contributed by atoms with Crippen LogP contribution in [0.4, 0.5) is 4.39 Å². The highest BCUT2D eigenvalue weighted by Gasteiger charge is 2.43.